The van der Waals surface area contributed by atoms with Crippen LogP contribution in [-0.4, -0.2) is 20.3 Å². The van der Waals surface area contributed by atoms with E-state index in [1.165, 1.54) is 32.1 Å². The predicted octanol–water partition coefficient (Wildman–Crippen LogP) is 6.34. The zero-order chi connectivity index (χ0) is 18.7. The van der Waals surface area contributed by atoms with Gasteiger partial charge in [-0.3, -0.25) is 0 Å². The van der Waals surface area contributed by atoms with E-state index in [9.17, 15) is 0 Å². The Hall–Kier alpha value is -1.64. The molecule has 2 rings (SSSR count). The minimum atomic E-state index is -0.583. The van der Waals surface area contributed by atoms with Gasteiger partial charge in [-0.15, -0.1) is 0 Å². The third-order valence-corrected chi connectivity index (χ3v) is 5.29. The molecule has 2 nitrogen and oxygen atoms in total. The van der Waals surface area contributed by atoms with Crippen LogP contribution in [0.3, 0.4) is 0 Å². The van der Waals surface area contributed by atoms with Gasteiger partial charge in [-0.05, 0) is 17.5 Å². The van der Waals surface area contributed by atoms with Gasteiger partial charge in [-0.1, -0.05) is 106 Å². The molecule has 0 spiro atoms. The highest BCUT2D eigenvalue weighted by Gasteiger charge is 2.42. The van der Waals surface area contributed by atoms with Crippen LogP contribution in [0.2, 0.25) is 0 Å². The van der Waals surface area contributed by atoms with E-state index < -0.39 is 5.60 Å². The normalized spacial score (nSPS) is 12.9. The van der Waals surface area contributed by atoms with Crippen LogP contribution >= 0.6 is 0 Å². The lowest BCUT2D eigenvalue weighted by molar-refractivity contribution is -0.100. The summed E-state index contributed by atoms with van der Waals surface area (Å²) in [6.45, 7) is 2.26. The van der Waals surface area contributed by atoms with Crippen molar-refractivity contribution in [3.63, 3.8) is 0 Å². The summed E-state index contributed by atoms with van der Waals surface area (Å²) in [5.41, 5.74) is 1.71. The Labute approximate surface area is 159 Å². The fourth-order valence-corrected chi connectivity index (χ4v) is 3.87. The fraction of sp³-hybridized carbons (Fsp3) is 0.500. The van der Waals surface area contributed by atoms with E-state index in [4.69, 9.17) is 9.47 Å². The highest BCUT2D eigenvalue weighted by Crippen LogP contribution is 2.39. The van der Waals surface area contributed by atoms with Crippen molar-refractivity contribution < 1.29 is 9.47 Å². The number of benzene rings is 2. The van der Waals surface area contributed by atoms with Crippen LogP contribution in [0, 0.1) is 0 Å². The van der Waals surface area contributed by atoms with Crippen molar-refractivity contribution in [2.24, 2.45) is 0 Å². The zero-order valence-electron chi connectivity index (χ0n) is 16.6. The smallest absolute Gasteiger partial charge is 0.144 e. The Kier molecular flexibility index (Phi) is 8.87. The third-order valence-electron chi connectivity index (χ3n) is 5.29. The second kappa shape index (κ2) is 11.2. The van der Waals surface area contributed by atoms with E-state index >= 15 is 0 Å². The zero-order valence-corrected chi connectivity index (χ0v) is 16.6. The van der Waals surface area contributed by atoms with Crippen LogP contribution in [0.15, 0.2) is 60.7 Å². The molecule has 1 unspecified atom stereocenters. The molecule has 26 heavy (non-hydrogen) atoms. The van der Waals surface area contributed by atoms with Gasteiger partial charge in [0.05, 0.1) is 6.10 Å². The number of hydrogen-bond donors (Lipinski definition) is 0. The molecule has 2 aromatic rings. The third kappa shape index (κ3) is 4.96. The molecule has 0 amide bonds. The molecule has 142 valence electrons. The largest absolute Gasteiger partial charge is 0.378 e. The van der Waals surface area contributed by atoms with Gasteiger partial charge in [0.15, 0.2) is 0 Å². The van der Waals surface area contributed by atoms with Crippen molar-refractivity contribution in [3.8, 4) is 0 Å². The molecule has 0 bridgehead atoms. The Balaban J connectivity index is 2.24. The number of methoxy groups -OCH3 is 2. The van der Waals surface area contributed by atoms with E-state index in [2.05, 4.69) is 55.5 Å². The van der Waals surface area contributed by atoms with Gasteiger partial charge >= 0.3 is 0 Å². The highest BCUT2D eigenvalue weighted by atomic mass is 16.5. The Morgan fingerprint density at radius 3 is 1.69 bits per heavy atom. The molecule has 0 heterocycles. The molecule has 2 aromatic carbocycles. The molecule has 0 aromatic heterocycles. The Bertz CT molecular complexity index is 555. The van der Waals surface area contributed by atoms with Crippen molar-refractivity contribution in [1.29, 1.82) is 0 Å². The van der Waals surface area contributed by atoms with Gasteiger partial charge in [-0.2, -0.15) is 0 Å². The van der Waals surface area contributed by atoms with Gasteiger partial charge in [0.2, 0.25) is 0 Å². The van der Waals surface area contributed by atoms with E-state index in [0.29, 0.717) is 0 Å². The van der Waals surface area contributed by atoms with Gasteiger partial charge in [-0.25, -0.2) is 0 Å². The monoisotopic (exact) mass is 354 g/mol. The predicted molar refractivity (Wildman–Crippen MR) is 109 cm³/mol. The lowest BCUT2D eigenvalue weighted by atomic mass is 9.79. The average Bonchev–Trinajstić information content (AvgIpc) is 2.71. The van der Waals surface area contributed by atoms with E-state index in [-0.39, 0.29) is 6.10 Å². The molecular formula is C24H34O2. The van der Waals surface area contributed by atoms with Crippen LogP contribution in [0.4, 0.5) is 0 Å². The first-order valence-corrected chi connectivity index (χ1v) is 9.98. The summed E-state index contributed by atoms with van der Waals surface area (Å²) in [5, 5.41) is 0. The van der Waals surface area contributed by atoms with E-state index in [0.717, 1.165) is 24.0 Å². The van der Waals surface area contributed by atoms with Gasteiger partial charge in [0.25, 0.3) is 0 Å². The maximum atomic E-state index is 6.23. The van der Waals surface area contributed by atoms with Crippen LogP contribution in [0.25, 0.3) is 0 Å². The number of rotatable bonds is 12. The van der Waals surface area contributed by atoms with Gasteiger partial charge in [0, 0.05) is 14.2 Å². The van der Waals surface area contributed by atoms with Crippen LogP contribution in [0.1, 0.15) is 63.0 Å². The summed E-state index contributed by atoms with van der Waals surface area (Å²) in [7, 11) is 3.61. The summed E-state index contributed by atoms with van der Waals surface area (Å²) in [6, 6.07) is 21.0. The quantitative estimate of drug-likeness (QED) is 0.414. The maximum absolute atomic E-state index is 6.23. The van der Waals surface area contributed by atoms with Crippen molar-refractivity contribution in [3.05, 3.63) is 71.8 Å². The van der Waals surface area contributed by atoms with Gasteiger partial charge < -0.3 is 9.47 Å². The summed E-state index contributed by atoms with van der Waals surface area (Å²) in [5.74, 6) is 0. The molecule has 2 heteroatoms. The first-order chi connectivity index (χ1) is 12.8. The standard InChI is InChI=1S/C24H34O2/c1-4-5-6-7-8-15-20-23(25-2)24(26-3,21-16-11-9-12-17-21)22-18-13-10-14-19-22/h9-14,16-19,23H,4-8,15,20H2,1-3H3. The molecule has 0 saturated carbocycles. The average molecular weight is 355 g/mol. The second-order valence-corrected chi connectivity index (χ2v) is 6.95. The minimum Gasteiger partial charge on any atom is -0.378 e. The first-order valence-electron chi connectivity index (χ1n) is 9.98. The molecule has 1 atom stereocenters. The van der Waals surface area contributed by atoms with E-state index in [1.54, 1.807) is 14.2 Å². The topological polar surface area (TPSA) is 18.5 Å². The molecule has 0 radical (unpaired) electrons. The summed E-state index contributed by atoms with van der Waals surface area (Å²) >= 11 is 0. The Morgan fingerprint density at radius 2 is 1.23 bits per heavy atom. The summed E-state index contributed by atoms with van der Waals surface area (Å²) < 4.78 is 12.3. The maximum Gasteiger partial charge on any atom is 0.144 e. The molecule has 0 N–H and O–H groups in total. The molecule has 0 aliphatic heterocycles. The lowest BCUT2D eigenvalue weighted by Gasteiger charge is -2.40. The Morgan fingerprint density at radius 1 is 0.731 bits per heavy atom. The number of hydrogen-bond acceptors (Lipinski definition) is 2. The van der Waals surface area contributed by atoms with E-state index in [1.807, 2.05) is 12.1 Å². The second-order valence-electron chi connectivity index (χ2n) is 6.95. The molecule has 0 fully saturated rings. The lowest BCUT2D eigenvalue weighted by Crippen LogP contribution is -2.43. The van der Waals surface area contributed by atoms with Crippen LogP contribution in [0.5, 0.6) is 0 Å². The highest BCUT2D eigenvalue weighted by molar-refractivity contribution is 5.38. The van der Waals surface area contributed by atoms with Crippen molar-refractivity contribution in [2.75, 3.05) is 14.2 Å². The SMILES string of the molecule is CCCCCCCCC(OC)C(OC)(c1ccccc1)c1ccccc1. The number of unbranched alkanes of at least 4 members (excludes halogenated alkanes) is 5. The number of ether oxygens (including phenoxy) is 2. The summed E-state index contributed by atoms with van der Waals surface area (Å²) in [6.07, 6.45) is 8.64. The molecule has 0 aliphatic rings. The molecule has 0 aliphatic carbocycles. The van der Waals surface area contributed by atoms with Gasteiger partial charge in [0.1, 0.15) is 5.60 Å². The molecule has 0 saturated heterocycles. The fourth-order valence-electron chi connectivity index (χ4n) is 3.87. The minimum absolute atomic E-state index is 0.0246. The first kappa shape index (κ1) is 20.7. The van der Waals surface area contributed by atoms with Crippen molar-refractivity contribution in [2.45, 2.75) is 63.6 Å². The van der Waals surface area contributed by atoms with Crippen molar-refractivity contribution in [1.82, 2.24) is 0 Å². The summed E-state index contributed by atoms with van der Waals surface area (Å²) in [4.78, 5) is 0. The van der Waals surface area contributed by atoms with Crippen LogP contribution in [-0.2, 0) is 15.1 Å². The van der Waals surface area contributed by atoms with Crippen molar-refractivity contribution >= 4 is 0 Å². The molecular weight excluding hydrogens is 320 g/mol. The van der Waals surface area contributed by atoms with Crippen LogP contribution < -0.4 is 0 Å².